The van der Waals surface area contributed by atoms with E-state index in [1.807, 2.05) is 11.4 Å². The van der Waals surface area contributed by atoms with Gasteiger partial charge in [0.05, 0.1) is 23.5 Å². The zero-order valence-corrected chi connectivity index (χ0v) is 15.6. The Hall–Kier alpha value is -2.74. The molecule has 142 valence electrons. The monoisotopic (exact) mass is 390 g/mol. The summed E-state index contributed by atoms with van der Waals surface area (Å²) in [4.78, 5) is 39.0. The quantitative estimate of drug-likeness (QED) is 0.814. The highest BCUT2D eigenvalue weighted by Gasteiger charge is 2.29. The van der Waals surface area contributed by atoms with Crippen LogP contribution in [-0.2, 0) is 9.53 Å². The average molecular weight is 390 g/mol. The Morgan fingerprint density at radius 2 is 2.11 bits per heavy atom. The molecule has 1 aliphatic heterocycles. The van der Waals surface area contributed by atoms with Crippen molar-refractivity contribution in [1.82, 2.24) is 4.90 Å². The number of nitrogens with one attached hydrogen (secondary N) is 1. The lowest BCUT2D eigenvalue weighted by Crippen LogP contribution is -2.43. The number of carbonyl (C=O) groups excluding carboxylic acids is 3. The van der Waals surface area contributed by atoms with Gasteiger partial charge in [-0.3, -0.25) is 9.59 Å². The van der Waals surface area contributed by atoms with Crippen LogP contribution in [0, 0.1) is 11.7 Å². The standard InChI is InChI=1S/C19H19FN2O4S/c1-26-19(25)14-10-13(6-7-15(14)20)21-17(23)12-4-2-8-22(11-12)18(24)16-5-3-9-27-16/h3,5-7,9-10,12H,2,4,8,11H2,1H3,(H,21,23)/t12-/m0/s1. The number of methoxy groups -OCH3 is 1. The molecule has 0 aliphatic carbocycles. The van der Waals surface area contributed by atoms with Crippen molar-refractivity contribution in [3.63, 3.8) is 0 Å². The largest absolute Gasteiger partial charge is 0.465 e. The molecule has 6 nitrogen and oxygen atoms in total. The van der Waals surface area contributed by atoms with E-state index in [0.29, 0.717) is 30.1 Å². The molecule has 0 saturated carbocycles. The van der Waals surface area contributed by atoms with Crippen LogP contribution in [0.1, 0.15) is 32.9 Å². The van der Waals surface area contributed by atoms with E-state index in [4.69, 9.17) is 0 Å². The van der Waals surface area contributed by atoms with Gasteiger partial charge in [-0.2, -0.15) is 0 Å². The number of hydrogen-bond acceptors (Lipinski definition) is 5. The van der Waals surface area contributed by atoms with Gasteiger partial charge >= 0.3 is 5.97 Å². The summed E-state index contributed by atoms with van der Waals surface area (Å²) < 4.78 is 18.3. The van der Waals surface area contributed by atoms with Crippen LogP contribution in [0.5, 0.6) is 0 Å². The highest BCUT2D eigenvalue weighted by atomic mass is 32.1. The van der Waals surface area contributed by atoms with Crippen LogP contribution in [0.3, 0.4) is 0 Å². The number of benzene rings is 1. The number of halogens is 1. The summed E-state index contributed by atoms with van der Waals surface area (Å²) in [5.41, 5.74) is 0.0666. The van der Waals surface area contributed by atoms with E-state index >= 15 is 0 Å². The normalized spacial score (nSPS) is 16.7. The molecule has 2 heterocycles. The number of ether oxygens (including phenoxy) is 1. The van der Waals surface area contributed by atoms with E-state index in [-0.39, 0.29) is 23.3 Å². The molecule has 2 aromatic rings. The number of esters is 1. The number of nitrogens with zero attached hydrogens (tertiary/aromatic N) is 1. The molecule has 0 unspecified atom stereocenters. The maximum atomic E-state index is 13.7. The van der Waals surface area contributed by atoms with Crippen molar-refractivity contribution in [2.75, 3.05) is 25.5 Å². The number of likely N-dealkylation sites (tertiary alicyclic amines) is 1. The number of amides is 2. The van der Waals surface area contributed by atoms with E-state index in [1.54, 1.807) is 11.0 Å². The Bertz CT molecular complexity index is 853. The summed E-state index contributed by atoms with van der Waals surface area (Å²) in [6, 6.07) is 7.33. The third-order valence-corrected chi connectivity index (χ3v) is 5.31. The number of thiophene rings is 1. The van der Waals surface area contributed by atoms with Crippen LogP contribution >= 0.6 is 11.3 Å². The first-order valence-electron chi connectivity index (χ1n) is 8.51. The molecule has 1 N–H and O–H groups in total. The molecule has 3 rings (SSSR count). The molecule has 1 fully saturated rings. The second-order valence-electron chi connectivity index (χ2n) is 6.24. The molecule has 0 bridgehead atoms. The first kappa shape index (κ1) is 19.0. The van der Waals surface area contributed by atoms with E-state index in [0.717, 1.165) is 19.6 Å². The molecule has 1 aliphatic rings. The van der Waals surface area contributed by atoms with Gasteiger partial charge in [-0.05, 0) is 42.5 Å². The average Bonchev–Trinajstić information content (AvgIpc) is 3.23. The predicted octanol–water partition coefficient (Wildman–Crippen LogP) is 3.16. The first-order chi connectivity index (χ1) is 13.0. The minimum absolute atomic E-state index is 0.0720. The molecule has 1 aromatic heterocycles. The Kier molecular flexibility index (Phi) is 5.85. The number of carbonyl (C=O) groups is 3. The zero-order valence-electron chi connectivity index (χ0n) is 14.7. The van der Waals surface area contributed by atoms with E-state index in [9.17, 15) is 18.8 Å². The van der Waals surface area contributed by atoms with Gasteiger partial charge < -0.3 is 15.0 Å². The smallest absolute Gasteiger partial charge is 0.340 e. The lowest BCUT2D eigenvalue weighted by molar-refractivity contribution is -0.121. The third kappa shape index (κ3) is 4.33. The predicted molar refractivity (Wildman–Crippen MR) is 99.3 cm³/mol. The van der Waals surface area contributed by atoms with Crippen molar-refractivity contribution in [3.8, 4) is 0 Å². The highest BCUT2D eigenvalue weighted by Crippen LogP contribution is 2.23. The Morgan fingerprint density at radius 3 is 2.81 bits per heavy atom. The van der Waals surface area contributed by atoms with Gasteiger partial charge in [0, 0.05) is 18.8 Å². The van der Waals surface area contributed by atoms with Gasteiger partial charge in [-0.25, -0.2) is 9.18 Å². The molecule has 27 heavy (non-hydrogen) atoms. The van der Waals surface area contributed by atoms with Crippen LogP contribution in [0.2, 0.25) is 0 Å². The van der Waals surface area contributed by atoms with Crippen LogP contribution in [0.4, 0.5) is 10.1 Å². The maximum absolute atomic E-state index is 13.7. The van der Waals surface area contributed by atoms with Crippen molar-refractivity contribution in [2.45, 2.75) is 12.8 Å². The SMILES string of the molecule is COC(=O)c1cc(NC(=O)[C@H]2CCCN(C(=O)c3cccs3)C2)ccc1F. The van der Waals surface area contributed by atoms with Gasteiger partial charge in [-0.15, -0.1) is 11.3 Å². The fraction of sp³-hybridized carbons (Fsp3) is 0.316. The molecular weight excluding hydrogens is 371 g/mol. The summed E-state index contributed by atoms with van der Waals surface area (Å²) in [5, 5.41) is 4.55. The minimum atomic E-state index is -0.811. The van der Waals surface area contributed by atoms with Crippen molar-refractivity contribution in [2.24, 2.45) is 5.92 Å². The summed E-state index contributed by atoms with van der Waals surface area (Å²) >= 11 is 1.37. The second kappa shape index (κ2) is 8.30. The summed E-state index contributed by atoms with van der Waals surface area (Å²) in [7, 11) is 1.16. The topological polar surface area (TPSA) is 75.7 Å². The molecule has 8 heteroatoms. The molecule has 1 atom stereocenters. The number of anilines is 1. The van der Waals surface area contributed by atoms with Crippen LogP contribution < -0.4 is 5.32 Å². The number of hydrogen-bond donors (Lipinski definition) is 1. The Labute approximate surface area is 159 Å². The molecule has 0 spiro atoms. The van der Waals surface area contributed by atoms with E-state index < -0.39 is 11.8 Å². The zero-order chi connectivity index (χ0) is 19.4. The molecule has 0 radical (unpaired) electrons. The summed E-state index contributed by atoms with van der Waals surface area (Å²) in [5.74, 6) is -2.23. The van der Waals surface area contributed by atoms with Crippen LogP contribution in [0.15, 0.2) is 35.7 Å². The van der Waals surface area contributed by atoms with Crippen molar-refractivity contribution < 1.29 is 23.5 Å². The first-order valence-corrected chi connectivity index (χ1v) is 9.39. The van der Waals surface area contributed by atoms with Crippen LogP contribution in [-0.4, -0.2) is 42.9 Å². The lowest BCUT2D eigenvalue weighted by Gasteiger charge is -2.31. The highest BCUT2D eigenvalue weighted by molar-refractivity contribution is 7.12. The molecule has 2 amide bonds. The number of rotatable bonds is 4. The fourth-order valence-corrected chi connectivity index (χ4v) is 3.74. The summed E-state index contributed by atoms with van der Waals surface area (Å²) in [6.45, 7) is 0.942. The Balaban J connectivity index is 1.67. The fourth-order valence-electron chi connectivity index (χ4n) is 3.05. The molecule has 1 saturated heterocycles. The van der Waals surface area contributed by atoms with Gasteiger partial charge in [0.15, 0.2) is 0 Å². The Morgan fingerprint density at radius 1 is 1.30 bits per heavy atom. The van der Waals surface area contributed by atoms with E-state index in [1.165, 1.54) is 23.5 Å². The number of piperidine rings is 1. The van der Waals surface area contributed by atoms with Crippen molar-refractivity contribution >= 4 is 34.8 Å². The van der Waals surface area contributed by atoms with Crippen molar-refractivity contribution in [3.05, 3.63) is 52.0 Å². The van der Waals surface area contributed by atoms with Gasteiger partial charge in [0.2, 0.25) is 5.91 Å². The second-order valence-corrected chi connectivity index (χ2v) is 7.19. The summed E-state index contributed by atoms with van der Waals surface area (Å²) in [6.07, 6.45) is 1.39. The maximum Gasteiger partial charge on any atom is 0.340 e. The minimum Gasteiger partial charge on any atom is -0.465 e. The van der Waals surface area contributed by atoms with Gasteiger partial charge in [0.1, 0.15) is 5.82 Å². The molecular formula is C19H19FN2O4S. The van der Waals surface area contributed by atoms with Crippen LogP contribution in [0.25, 0.3) is 0 Å². The lowest BCUT2D eigenvalue weighted by atomic mass is 9.96. The van der Waals surface area contributed by atoms with Gasteiger partial charge in [-0.1, -0.05) is 6.07 Å². The third-order valence-electron chi connectivity index (χ3n) is 4.45. The van der Waals surface area contributed by atoms with E-state index in [2.05, 4.69) is 10.1 Å². The van der Waals surface area contributed by atoms with Gasteiger partial charge in [0.25, 0.3) is 5.91 Å². The van der Waals surface area contributed by atoms with Crippen molar-refractivity contribution in [1.29, 1.82) is 0 Å². The molecule has 1 aromatic carbocycles.